The van der Waals surface area contributed by atoms with E-state index < -0.39 is 108 Å². The van der Waals surface area contributed by atoms with Crippen LogP contribution in [0.3, 0.4) is 0 Å². The zero-order valence-electron chi connectivity index (χ0n) is 60.4. The first-order chi connectivity index (χ1) is 51.0. The van der Waals surface area contributed by atoms with Crippen molar-refractivity contribution in [3.05, 3.63) is 204 Å². The number of hydrogen-bond acceptors (Lipinski definition) is 18. The van der Waals surface area contributed by atoms with E-state index in [1.165, 1.54) is 41.5 Å². The average Bonchev–Trinajstić information content (AvgIpc) is 0.873. The van der Waals surface area contributed by atoms with Gasteiger partial charge in [0.1, 0.15) is 77.4 Å². The minimum absolute atomic E-state index is 0.00606. The molecule has 4 unspecified atom stereocenters. The summed E-state index contributed by atoms with van der Waals surface area (Å²) >= 11 is 0. The van der Waals surface area contributed by atoms with E-state index in [4.69, 9.17) is 30.6 Å². The van der Waals surface area contributed by atoms with Crippen LogP contribution >= 0.6 is 0 Å². The van der Waals surface area contributed by atoms with Gasteiger partial charge in [0, 0.05) is 13.0 Å². The fourth-order valence-corrected chi connectivity index (χ4v) is 8.99. The number of carboxylic acid groups (broad SMARTS) is 6. The molecule has 6 aromatic carbocycles. The second kappa shape index (κ2) is 52.0. The zero-order chi connectivity index (χ0) is 81.3. The van der Waals surface area contributed by atoms with E-state index in [0.29, 0.717) is 18.4 Å². The van der Waals surface area contributed by atoms with E-state index >= 15 is 0 Å². The van der Waals surface area contributed by atoms with Gasteiger partial charge in [-0.15, -0.1) is 0 Å². The summed E-state index contributed by atoms with van der Waals surface area (Å²) in [7, 11) is 0. The SMILES string of the molecule is CC(=O)CNC(=O)C(Cc1ccc(-c2ccccc2)cc1)C(C)=O.CC(=O)CNC(=O)C(Cc1ccccc1)C(C)=O.CC(=O)CNC(=O)CC(C)=O.O=C(O)CC(=O)N[C@@H](Cc1ccccc1)C(=O)O.O=C(O)CCNC(=O)C(Cc1ccccc1)C(=O)O.O=C(O)CNC(=O)C(Cc1ccccc1)C(=O)O. The lowest BCUT2D eigenvalue weighted by Crippen LogP contribution is -2.42. The van der Waals surface area contributed by atoms with Crippen LogP contribution in [0, 0.1) is 23.7 Å². The van der Waals surface area contributed by atoms with Crippen molar-refractivity contribution in [1.82, 2.24) is 31.9 Å². The number of carbonyl (C=O) groups excluding carboxylic acids is 12. The zero-order valence-corrected chi connectivity index (χ0v) is 60.4. The molecule has 5 atom stereocenters. The molecule has 30 nitrogen and oxygen atoms in total. The molecule has 0 radical (unpaired) electrons. The van der Waals surface area contributed by atoms with Gasteiger partial charge in [0.25, 0.3) is 0 Å². The molecule has 6 rings (SSSR count). The summed E-state index contributed by atoms with van der Waals surface area (Å²) in [6.07, 6.45) is -0.207. The first kappa shape index (κ1) is 93.0. The van der Waals surface area contributed by atoms with Gasteiger partial charge in [0.15, 0.2) is 0 Å². The number of ketones is 6. The third-order valence-corrected chi connectivity index (χ3v) is 14.4. The molecule has 0 heterocycles. The number of carboxylic acids is 6. The van der Waals surface area contributed by atoms with Crippen molar-refractivity contribution in [3.63, 3.8) is 0 Å². The number of benzene rings is 6. The number of hydrogen-bond donors (Lipinski definition) is 12. The highest BCUT2D eigenvalue weighted by Gasteiger charge is 2.29. The van der Waals surface area contributed by atoms with Crippen LogP contribution in [-0.2, 0) is 118 Å². The molecule has 6 amide bonds. The van der Waals surface area contributed by atoms with Crippen LogP contribution in [0.5, 0.6) is 0 Å². The van der Waals surface area contributed by atoms with E-state index in [0.717, 1.165) is 33.4 Å². The quantitative estimate of drug-likeness (QED) is 0.0240. The Morgan fingerprint density at radius 3 is 0.926 bits per heavy atom. The maximum Gasteiger partial charge on any atom is 0.326 e. The van der Waals surface area contributed by atoms with Crippen molar-refractivity contribution < 1.29 is 117 Å². The predicted molar refractivity (Wildman–Crippen MR) is 391 cm³/mol. The van der Waals surface area contributed by atoms with Crippen LogP contribution < -0.4 is 31.9 Å². The van der Waals surface area contributed by atoms with Crippen molar-refractivity contribution in [1.29, 1.82) is 0 Å². The van der Waals surface area contributed by atoms with Crippen LogP contribution in [0.2, 0.25) is 0 Å². The topological polar surface area (TPSA) is 501 Å². The molecular weight excluding hydrogens is 1400 g/mol. The van der Waals surface area contributed by atoms with Gasteiger partial charge in [-0.2, -0.15) is 0 Å². The Balaban J connectivity index is 0.000000656. The van der Waals surface area contributed by atoms with E-state index in [1.807, 2.05) is 84.9 Å². The Kier molecular flexibility index (Phi) is 44.8. The fraction of sp³-hybridized carbons (Fsp3) is 0.308. The predicted octanol–water partition coefficient (Wildman–Crippen LogP) is 4.54. The second-order valence-electron chi connectivity index (χ2n) is 23.9. The maximum atomic E-state index is 12.1. The second-order valence-corrected chi connectivity index (χ2v) is 23.9. The van der Waals surface area contributed by atoms with Crippen molar-refractivity contribution in [3.8, 4) is 11.1 Å². The van der Waals surface area contributed by atoms with Crippen LogP contribution in [0.25, 0.3) is 11.1 Å². The lowest BCUT2D eigenvalue weighted by atomic mass is 9.93. The van der Waals surface area contributed by atoms with Gasteiger partial charge in [0.2, 0.25) is 35.4 Å². The molecule has 0 aliphatic carbocycles. The lowest BCUT2D eigenvalue weighted by molar-refractivity contribution is -0.149. The highest BCUT2D eigenvalue weighted by molar-refractivity contribution is 6.03. The van der Waals surface area contributed by atoms with Gasteiger partial charge in [-0.3, -0.25) is 81.5 Å². The van der Waals surface area contributed by atoms with Crippen molar-refractivity contribution in [2.75, 3.05) is 32.7 Å². The normalized spacial score (nSPS) is 11.3. The van der Waals surface area contributed by atoms with E-state index in [9.17, 15) is 86.3 Å². The van der Waals surface area contributed by atoms with Gasteiger partial charge in [-0.1, -0.05) is 176 Å². The fourth-order valence-electron chi connectivity index (χ4n) is 8.99. The summed E-state index contributed by atoms with van der Waals surface area (Å²) < 4.78 is 0. The van der Waals surface area contributed by atoms with Crippen LogP contribution in [0.4, 0.5) is 0 Å². The average molecular weight is 1500 g/mol. The molecule has 12 N–H and O–H groups in total. The van der Waals surface area contributed by atoms with Gasteiger partial charge in [-0.25, -0.2) is 4.79 Å². The summed E-state index contributed by atoms with van der Waals surface area (Å²) in [5.41, 5.74) is 6.23. The Labute approximate surface area is 622 Å². The molecule has 0 saturated heterocycles. The molecule has 6 aromatic rings. The first-order valence-electron chi connectivity index (χ1n) is 33.3. The third kappa shape index (κ3) is 43.2. The molecular formula is C78H90N6O24. The van der Waals surface area contributed by atoms with Gasteiger partial charge in [-0.05, 0) is 106 Å². The number of aliphatic carboxylic acids is 6. The number of Topliss-reactive ketones (excluding diaryl/α,β-unsaturated/α-hetero) is 6. The first-order valence-corrected chi connectivity index (χ1v) is 33.3. The maximum absolute atomic E-state index is 12.1. The largest absolute Gasteiger partial charge is 0.481 e. The Morgan fingerprint density at radius 1 is 0.287 bits per heavy atom. The molecule has 0 saturated carbocycles. The van der Waals surface area contributed by atoms with Gasteiger partial charge < -0.3 is 62.5 Å². The number of nitrogens with one attached hydrogen (secondary N) is 6. The minimum atomic E-state index is -1.30. The number of carbonyl (C=O) groups is 18. The Bertz CT molecular complexity index is 3900. The molecule has 30 heteroatoms. The van der Waals surface area contributed by atoms with Crippen molar-refractivity contribution >= 4 is 106 Å². The van der Waals surface area contributed by atoms with E-state index in [-0.39, 0.29) is 98.9 Å². The highest BCUT2D eigenvalue weighted by Crippen LogP contribution is 2.21. The van der Waals surface area contributed by atoms with Crippen molar-refractivity contribution in [2.45, 2.75) is 99.0 Å². The van der Waals surface area contributed by atoms with Crippen LogP contribution in [0.1, 0.15) is 88.6 Å². The minimum Gasteiger partial charge on any atom is -0.481 e. The summed E-state index contributed by atoms with van der Waals surface area (Å²) in [4.78, 5) is 199. The summed E-state index contributed by atoms with van der Waals surface area (Å²) in [6.45, 7) is 7.54. The van der Waals surface area contributed by atoms with E-state index in [2.05, 4.69) is 31.9 Å². The smallest absolute Gasteiger partial charge is 0.326 e. The van der Waals surface area contributed by atoms with E-state index in [1.54, 1.807) is 91.0 Å². The monoisotopic (exact) mass is 1490 g/mol. The molecule has 0 spiro atoms. The van der Waals surface area contributed by atoms with Gasteiger partial charge >= 0.3 is 35.8 Å². The molecule has 576 valence electrons. The highest BCUT2D eigenvalue weighted by atomic mass is 16.4. The lowest BCUT2D eigenvalue weighted by Gasteiger charge is -2.14. The summed E-state index contributed by atoms with van der Waals surface area (Å²) in [5, 5.41) is 66.1. The standard InChI is InChI=1S/C20H21NO3.C14H17NO3.C13H15NO5.2C12H13NO5.C7H11NO3/c1-14(22)13-21-20(24)19(15(2)23)12-16-8-10-18(11-9-16)17-6-4-3-5-7-17;1-10(16)9-15-14(18)13(11(2)17)8-12-6-4-3-5-7-12;15-11(16)6-7-14-12(17)10(13(18)19)8-9-4-2-1-3-5-9;14-10(15)7-13-11(16)9(12(17)18)6-8-4-2-1-3-5-8;14-10(7-11(15)16)13-9(12(17)18)6-8-4-2-1-3-5-8;1-5(9)3-7(11)8-4-6(2)10/h3-11,19H,12-13H2,1-2H3,(H,21,24);3-7,13H,8-9H2,1-2H3,(H,15,18);1-5,10H,6-8H2,(H,14,17)(H,15,16)(H,18,19);1-5,9H,6-7H2,(H,13,16)(H,14,15)(H,17,18);1-5,9H,6-7H2,(H,13,14)(H,15,16)(H,17,18);3-4H2,1-2H3,(H,8,11)/t;;;;9-;/m....0./s1. The van der Waals surface area contributed by atoms with Crippen molar-refractivity contribution in [2.24, 2.45) is 23.7 Å². The van der Waals surface area contributed by atoms with Crippen LogP contribution in [-0.4, -0.2) is 175 Å². The molecule has 0 aromatic heterocycles. The van der Waals surface area contributed by atoms with Gasteiger partial charge in [0.05, 0.1) is 32.5 Å². The molecule has 108 heavy (non-hydrogen) atoms. The molecule has 0 aliphatic rings. The summed E-state index contributed by atoms with van der Waals surface area (Å²) in [6, 6.07) is 52.3. The number of rotatable bonds is 36. The third-order valence-electron chi connectivity index (χ3n) is 14.4. The molecule has 0 bridgehead atoms. The summed E-state index contributed by atoms with van der Waals surface area (Å²) in [5.74, 6) is -15.7. The van der Waals surface area contributed by atoms with Crippen LogP contribution in [0.15, 0.2) is 176 Å². The molecule has 0 aliphatic heterocycles. The Hall–Kier alpha value is -13.0. The number of amides is 6. The Morgan fingerprint density at radius 2 is 0.602 bits per heavy atom. The molecule has 0 fully saturated rings.